The molecule has 8 heteroatoms. The van der Waals surface area contributed by atoms with Gasteiger partial charge < -0.3 is 9.42 Å². The standard InChI is InChI=1S/C10H14N6O2/c1-8(9-4-6-18-12-9)15(2)10(17)3-5-16-7-11-13-14-16/h4,6-8H,3,5H2,1-2H3/t8-/m1/s1. The van der Waals surface area contributed by atoms with Crippen LogP contribution < -0.4 is 0 Å². The molecule has 2 rings (SSSR count). The molecule has 1 amide bonds. The molecular formula is C10H14N6O2. The van der Waals surface area contributed by atoms with Gasteiger partial charge in [-0.05, 0) is 17.4 Å². The van der Waals surface area contributed by atoms with Crippen LogP contribution in [0.15, 0.2) is 23.2 Å². The Kier molecular flexibility index (Phi) is 3.66. The normalized spacial score (nSPS) is 12.3. The summed E-state index contributed by atoms with van der Waals surface area (Å²) < 4.78 is 6.29. The summed E-state index contributed by atoms with van der Waals surface area (Å²) >= 11 is 0. The molecule has 0 spiro atoms. The molecule has 2 aromatic rings. The molecule has 2 heterocycles. The van der Waals surface area contributed by atoms with Gasteiger partial charge >= 0.3 is 0 Å². The van der Waals surface area contributed by atoms with E-state index in [4.69, 9.17) is 4.52 Å². The van der Waals surface area contributed by atoms with E-state index < -0.39 is 0 Å². The molecule has 0 aliphatic rings. The van der Waals surface area contributed by atoms with Crippen molar-refractivity contribution in [1.82, 2.24) is 30.3 Å². The molecule has 2 aromatic heterocycles. The van der Waals surface area contributed by atoms with Crippen LogP contribution in [-0.4, -0.2) is 43.2 Å². The van der Waals surface area contributed by atoms with Gasteiger partial charge in [0.05, 0.1) is 12.6 Å². The maximum absolute atomic E-state index is 12.0. The third kappa shape index (κ3) is 2.70. The Morgan fingerprint density at radius 3 is 3.06 bits per heavy atom. The van der Waals surface area contributed by atoms with Crippen LogP contribution >= 0.6 is 0 Å². The highest BCUT2D eigenvalue weighted by atomic mass is 16.5. The van der Waals surface area contributed by atoms with Gasteiger partial charge in [-0.25, -0.2) is 4.68 Å². The number of amides is 1. The lowest BCUT2D eigenvalue weighted by molar-refractivity contribution is -0.132. The third-order valence-corrected chi connectivity index (χ3v) is 2.81. The number of hydrogen-bond donors (Lipinski definition) is 0. The summed E-state index contributed by atoms with van der Waals surface area (Å²) in [6.45, 7) is 2.36. The fraction of sp³-hybridized carbons (Fsp3) is 0.500. The van der Waals surface area contributed by atoms with E-state index in [1.54, 1.807) is 18.0 Å². The Morgan fingerprint density at radius 1 is 1.61 bits per heavy atom. The molecule has 1 atom stereocenters. The Hall–Kier alpha value is -2.25. The van der Waals surface area contributed by atoms with E-state index >= 15 is 0 Å². The van der Waals surface area contributed by atoms with E-state index in [1.165, 1.54) is 17.3 Å². The van der Waals surface area contributed by atoms with Crippen LogP contribution in [0.25, 0.3) is 0 Å². The summed E-state index contributed by atoms with van der Waals surface area (Å²) in [4.78, 5) is 13.6. The fourth-order valence-electron chi connectivity index (χ4n) is 1.52. The largest absolute Gasteiger partial charge is 0.364 e. The zero-order chi connectivity index (χ0) is 13.0. The van der Waals surface area contributed by atoms with Crippen LogP contribution in [0.3, 0.4) is 0 Å². The maximum atomic E-state index is 12.0. The highest BCUT2D eigenvalue weighted by molar-refractivity contribution is 5.76. The molecule has 0 N–H and O–H groups in total. The second kappa shape index (κ2) is 5.39. The molecule has 8 nitrogen and oxygen atoms in total. The Morgan fingerprint density at radius 2 is 2.44 bits per heavy atom. The van der Waals surface area contributed by atoms with E-state index in [-0.39, 0.29) is 11.9 Å². The number of nitrogens with zero attached hydrogens (tertiary/aromatic N) is 6. The summed E-state index contributed by atoms with van der Waals surface area (Å²) in [7, 11) is 1.74. The van der Waals surface area contributed by atoms with E-state index in [9.17, 15) is 4.79 Å². The number of carbonyl (C=O) groups excluding carboxylic acids is 1. The first-order valence-electron chi connectivity index (χ1n) is 5.55. The zero-order valence-corrected chi connectivity index (χ0v) is 10.2. The minimum atomic E-state index is -0.120. The summed E-state index contributed by atoms with van der Waals surface area (Å²) in [5.74, 6) is 0.000926. The molecule has 96 valence electrons. The first-order chi connectivity index (χ1) is 8.68. The van der Waals surface area contributed by atoms with Crippen LogP contribution in [0.5, 0.6) is 0 Å². The molecule has 0 radical (unpaired) electrons. The van der Waals surface area contributed by atoms with Gasteiger partial charge in [-0.15, -0.1) is 5.10 Å². The van der Waals surface area contributed by atoms with Crippen molar-refractivity contribution in [3.8, 4) is 0 Å². The average Bonchev–Trinajstić information content (AvgIpc) is 3.06. The molecule has 0 fully saturated rings. The highest BCUT2D eigenvalue weighted by Gasteiger charge is 2.19. The van der Waals surface area contributed by atoms with Crippen molar-refractivity contribution < 1.29 is 9.32 Å². The summed E-state index contributed by atoms with van der Waals surface area (Å²) in [5, 5.41) is 14.5. The molecule has 0 aliphatic heterocycles. The molecule has 0 saturated carbocycles. The number of aryl methyl sites for hydroxylation is 1. The Bertz CT molecular complexity index is 480. The van der Waals surface area contributed by atoms with E-state index in [2.05, 4.69) is 20.7 Å². The molecule has 0 aromatic carbocycles. The van der Waals surface area contributed by atoms with Crippen LogP contribution in [-0.2, 0) is 11.3 Å². The molecule has 0 saturated heterocycles. The van der Waals surface area contributed by atoms with E-state index in [0.717, 1.165) is 5.69 Å². The van der Waals surface area contributed by atoms with Gasteiger partial charge in [-0.2, -0.15) is 0 Å². The molecule has 18 heavy (non-hydrogen) atoms. The monoisotopic (exact) mass is 250 g/mol. The van der Waals surface area contributed by atoms with Crippen LogP contribution in [0.4, 0.5) is 0 Å². The average molecular weight is 250 g/mol. The number of aromatic nitrogens is 5. The topological polar surface area (TPSA) is 89.9 Å². The summed E-state index contributed by atoms with van der Waals surface area (Å²) in [6.07, 6.45) is 3.31. The van der Waals surface area contributed by atoms with Crippen molar-refractivity contribution in [1.29, 1.82) is 0 Å². The van der Waals surface area contributed by atoms with Gasteiger partial charge in [-0.1, -0.05) is 5.16 Å². The Labute approximate surface area is 104 Å². The van der Waals surface area contributed by atoms with Crippen molar-refractivity contribution in [2.24, 2.45) is 0 Å². The van der Waals surface area contributed by atoms with E-state index in [0.29, 0.717) is 13.0 Å². The van der Waals surface area contributed by atoms with Gasteiger partial charge in [0.1, 0.15) is 18.3 Å². The van der Waals surface area contributed by atoms with Gasteiger partial charge in [0.25, 0.3) is 0 Å². The predicted octanol–water partition coefficient (Wildman–Crippen LogP) is 0.271. The Balaban J connectivity index is 1.88. The molecule has 0 bridgehead atoms. The SMILES string of the molecule is C[C@H](c1ccon1)N(C)C(=O)CCn1cnnn1. The van der Waals surface area contributed by atoms with Crippen molar-refractivity contribution in [2.75, 3.05) is 7.05 Å². The number of tetrazole rings is 1. The first-order valence-corrected chi connectivity index (χ1v) is 5.55. The lowest BCUT2D eigenvalue weighted by atomic mass is 10.2. The van der Waals surface area contributed by atoms with Crippen molar-refractivity contribution >= 4 is 5.91 Å². The third-order valence-electron chi connectivity index (χ3n) is 2.81. The van der Waals surface area contributed by atoms with Gasteiger partial charge in [0, 0.05) is 19.5 Å². The minimum Gasteiger partial charge on any atom is -0.364 e. The second-order valence-corrected chi connectivity index (χ2v) is 3.93. The van der Waals surface area contributed by atoms with Gasteiger partial charge in [0.2, 0.25) is 5.91 Å². The molecular weight excluding hydrogens is 236 g/mol. The zero-order valence-electron chi connectivity index (χ0n) is 10.2. The number of hydrogen-bond acceptors (Lipinski definition) is 6. The minimum absolute atomic E-state index is 0.000926. The van der Waals surface area contributed by atoms with Gasteiger partial charge in [0.15, 0.2) is 0 Å². The second-order valence-electron chi connectivity index (χ2n) is 3.93. The number of carbonyl (C=O) groups is 1. The molecule has 0 unspecified atom stereocenters. The van der Waals surface area contributed by atoms with Gasteiger partial charge in [-0.3, -0.25) is 4.79 Å². The summed E-state index contributed by atoms with van der Waals surface area (Å²) in [5.41, 5.74) is 0.730. The van der Waals surface area contributed by atoms with Crippen LogP contribution in [0.1, 0.15) is 25.1 Å². The maximum Gasteiger partial charge on any atom is 0.224 e. The van der Waals surface area contributed by atoms with Crippen LogP contribution in [0.2, 0.25) is 0 Å². The van der Waals surface area contributed by atoms with Crippen LogP contribution in [0, 0.1) is 0 Å². The molecule has 0 aliphatic carbocycles. The number of rotatable bonds is 5. The lowest BCUT2D eigenvalue weighted by Crippen LogP contribution is -2.30. The van der Waals surface area contributed by atoms with Crippen molar-refractivity contribution in [3.63, 3.8) is 0 Å². The lowest BCUT2D eigenvalue weighted by Gasteiger charge is -2.23. The van der Waals surface area contributed by atoms with Crippen molar-refractivity contribution in [3.05, 3.63) is 24.4 Å². The summed E-state index contributed by atoms with van der Waals surface area (Å²) in [6, 6.07) is 1.63. The predicted molar refractivity (Wildman–Crippen MR) is 60.1 cm³/mol. The smallest absolute Gasteiger partial charge is 0.224 e. The first kappa shape index (κ1) is 12.2. The van der Waals surface area contributed by atoms with E-state index in [1.807, 2.05) is 6.92 Å². The fourth-order valence-corrected chi connectivity index (χ4v) is 1.52. The van der Waals surface area contributed by atoms with Crippen molar-refractivity contribution in [2.45, 2.75) is 25.9 Å². The quantitative estimate of drug-likeness (QED) is 0.756. The highest BCUT2D eigenvalue weighted by Crippen LogP contribution is 2.17.